The standard InChI is InChI=1S/C17H24O3S/c1-13(2)14-8-10-16(11-9-14)21(19,20)12-17(18)15-6-4-3-5-7-15/h8-11,13,15H,3-7,12H2,1-2H3. The Kier molecular flexibility index (Phi) is 5.20. The molecule has 0 atom stereocenters. The Labute approximate surface area is 127 Å². The summed E-state index contributed by atoms with van der Waals surface area (Å²) >= 11 is 0. The number of carbonyl (C=O) groups excluding carboxylic acids is 1. The van der Waals surface area contributed by atoms with E-state index in [9.17, 15) is 13.2 Å². The average molecular weight is 308 g/mol. The maximum Gasteiger partial charge on any atom is 0.185 e. The Morgan fingerprint density at radius 1 is 1.10 bits per heavy atom. The maximum absolute atomic E-state index is 12.3. The fraction of sp³-hybridized carbons (Fsp3) is 0.588. The number of hydrogen-bond acceptors (Lipinski definition) is 3. The SMILES string of the molecule is CC(C)c1ccc(S(=O)(=O)CC(=O)C2CCCCC2)cc1. The Bertz CT molecular complexity index is 579. The van der Waals surface area contributed by atoms with Crippen LogP contribution in [0.25, 0.3) is 0 Å². The van der Waals surface area contributed by atoms with E-state index in [0.29, 0.717) is 5.92 Å². The molecule has 1 saturated carbocycles. The van der Waals surface area contributed by atoms with Gasteiger partial charge in [0.1, 0.15) is 5.75 Å². The highest BCUT2D eigenvalue weighted by atomic mass is 32.2. The lowest BCUT2D eigenvalue weighted by Crippen LogP contribution is -2.25. The van der Waals surface area contributed by atoms with Crippen molar-refractivity contribution in [1.82, 2.24) is 0 Å². The Balaban J connectivity index is 2.08. The van der Waals surface area contributed by atoms with Gasteiger partial charge in [-0.2, -0.15) is 0 Å². The van der Waals surface area contributed by atoms with Gasteiger partial charge in [-0.25, -0.2) is 8.42 Å². The topological polar surface area (TPSA) is 51.2 Å². The first-order valence-electron chi connectivity index (χ1n) is 7.75. The van der Waals surface area contributed by atoms with Crippen LogP contribution in [0.2, 0.25) is 0 Å². The van der Waals surface area contributed by atoms with Gasteiger partial charge in [0.25, 0.3) is 0 Å². The second kappa shape index (κ2) is 6.73. The van der Waals surface area contributed by atoms with E-state index in [1.807, 2.05) is 12.1 Å². The molecule has 1 aromatic carbocycles. The van der Waals surface area contributed by atoms with Crippen LogP contribution in [0.3, 0.4) is 0 Å². The van der Waals surface area contributed by atoms with Gasteiger partial charge in [0.15, 0.2) is 15.6 Å². The van der Waals surface area contributed by atoms with E-state index in [1.54, 1.807) is 12.1 Å². The molecule has 1 fully saturated rings. The lowest BCUT2D eigenvalue weighted by molar-refractivity contribution is -0.121. The first-order chi connectivity index (χ1) is 9.90. The number of carbonyl (C=O) groups is 1. The molecule has 116 valence electrons. The Hall–Kier alpha value is -1.16. The minimum atomic E-state index is -3.50. The molecule has 0 radical (unpaired) electrons. The lowest BCUT2D eigenvalue weighted by atomic mass is 9.87. The Morgan fingerprint density at radius 3 is 2.19 bits per heavy atom. The second-order valence-electron chi connectivity index (χ2n) is 6.28. The molecule has 1 aliphatic rings. The first kappa shape index (κ1) is 16.2. The van der Waals surface area contributed by atoms with E-state index in [4.69, 9.17) is 0 Å². The summed E-state index contributed by atoms with van der Waals surface area (Å²) in [5, 5.41) is 0. The van der Waals surface area contributed by atoms with Crippen LogP contribution in [0.1, 0.15) is 57.4 Å². The largest absolute Gasteiger partial charge is 0.298 e. The second-order valence-corrected chi connectivity index (χ2v) is 8.27. The summed E-state index contributed by atoms with van der Waals surface area (Å²) in [4.78, 5) is 12.4. The molecule has 0 amide bonds. The molecular weight excluding hydrogens is 284 g/mol. The molecule has 0 aromatic heterocycles. The van der Waals surface area contributed by atoms with Gasteiger partial charge in [-0.15, -0.1) is 0 Å². The molecule has 0 N–H and O–H groups in total. The van der Waals surface area contributed by atoms with E-state index in [1.165, 1.54) is 0 Å². The van der Waals surface area contributed by atoms with Gasteiger partial charge in [0.2, 0.25) is 0 Å². The summed E-state index contributed by atoms with van der Waals surface area (Å²) in [6.45, 7) is 4.13. The number of hydrogen-bond donors (Lipinski definition) is 0. The molecule has 0 unspecified atom stereocenters. The first-order valence-corrected chi connectivity index (χ1v) is 9.41. The predicted octanol–water partition coefficient (Wildman–Crippen LogP) is 3.73. The summed E-state index contributed by atoms with van der Waals surface area (Å²) in [5.41, 5.74) is 1.10. The molecule has 1 aliphatic carbocycles. The lowest BCUT2D eigenvalue weighted by Gasteiger charge is -2.20. The number of sulfone groups is 1. The van der Waals surface area contributed by atoms with E-state index >= 15 is 0 Å². The van der Waals surface area contributed by atoms with Crippen molar-refractivity contribution in [3.63, 3.8) is 0 Å². The minimum Gasteiger partial charge on any atom is -0.298 e. The van der Waals surface area contributed by atoms with Crippen LogP contribution in [0, 0.1) is 5.92 Å². The highest BCUT2D eigenvalue weighted by molar-refractivity contribution is 7.92. The van der Waals surface area contributed by atoms with Gasteiger partial charge in [-0.05, 0) is 36.5 Å². The zero-order valence-electron chi connectivity index (χ0n) is 12.8. The van der Waals surface area contributed by atoms with Gasteiger partial charge in [0.05, 0.1) is 4.90 Å². The van der Waals surface area contributed by atoms with Crippen molar-refractivity contribution in [2.45, 2.75) is 56.8 Å². The van der Waals surface area contributed by atoms with Gasteiger partial charge < -0.3 is 0 Å². The molecule has 0 spiro atoms. The normalized spacial score (nSPS) is 17.1. The van der Waals surface area contributed by atoms with Crippen molar-refractivity contribution < 1.29 is 13.2 Å². The van der Waals surface area contributed by atoms with Gasteiger partial charge in [0, 0.05) is 5.92 Å². The third kappa shape index (κ3) is 4.16. The molecule has 0 saturated heterocycles. The molecule has 0 aliphatic heterocycles. The van der Waals surface area contributed by atoms with Crippen LogP contribution in [-0.2, 0) is 14.6 Å². The van der Waals surface area contributed by atoms with Crippen LogP contribution in [0.5, 0.6) is 0 Å². The fourth-order valence-electron chi connectivity index (χ4n) is 2.87. The van der Waals surface area contributed by atoms with Crippen molar-refractivity contribution >= 4 is 15.6 Å². The van der Waals surface area contributed by atoms with Crippen LogP contribution in [0.4, 0.5) is 0 Å². The van der Waals surface area contributed by atoms with Crippen molar-refractivity contribution in [3.8, 4) is 0 Å². The molecule has 4 heteroatoms. The molecule has 3 nitrogen and oxygen atoms in total. The van der Waals surface area contributed by atoms with Crippen molar-refractivity contribution in [3.05, 3.63) is 29.8 Å². The van der Waals surface area contributed by atoms with Crippen LogP contribution in [-0.4, -0.2) is 20.0 Å². The highest BCUT2D eigenvalue weighted by Gasteiger charge is 2.26. The van der Waals surface area contributed by atoms with Gasteiger partial charge in [-0.3, -0.25) is 4.79 Å². The van der Waals surface area contributed by atoms with Crippen molar-refractivity contribution in [1.29, 1.82) is 0 Å². The molecule has 0 bridgehead atoms. The summed E-state index contributed by atoms with van der Waals surface area (Å²) in [5.74, 6) is -0.143. The third-order valence-corrected chi connectivity index (χ3v) is 5.95. The Morgan fingerprint density at radius 2 is 1.67 bits per heavy atom. The zero-order valence-corrected chi connectivity index (χ0v) is 13.7. The quantitative estimate of drug-likeness (QED) is 0.832. The van der Waals surface area contributed by atoms with Crippen LogP contribution >= 0.6 is 0 Å². The molecular formula is C17H24O3S. The summed E-state index contributed by atoms with van der Waals surface area (Å²) in [6, 6.07) is 6.92. The molecule has 2 rings (SSSR count). The number of ketones is 1. The summed E-state index contributed by atoms with van der Waals surface area (Å²) in [6.07, 6.45) is 4.94. The van der Waals surface area contributed by atoms with Gasteiger partial charge in [-0.1, -0.05) is 45.2 Å². The smallest absolute Gasteiger partial charge is 0.185 e. The predicted molar refractivity (Wildman–Crippen MR) is 84.2 cm³/mol. The fourth-order valence-corrected chi connectivity index (χ4v) is 4.20. The highest BCUT2D eigenvalue weighted by Crippen LogP contribution is 2.26. The van der Waals surface area contributed by atoms with Crippen LogP contribution < -0.4 is 0 Å². The summed E-state index contributed by atoms with van der Waals surface area (Å²) < 4.78 is 24.7. The van der Waals surface area contributed by atoms with Crippen molar-refractivity contribution in [2.24, 2.45) is 5.92 Å². The number of rotatable bonds is 5. The van der Waals surface area contributed by atoms with E-state index in [0.717, 1.165) is 37.7 Å². The van der Waals surface area contributed by atoms with Gasteiger partial charge >= 0.3 is 0 Å². The monoisotopic (exact) mass is 308 g/mol. The van der Waals surface area contributed by atoms with Crippen molar-refractivity contribution in [2.75, 3.05) is 5.75 Å². The van der Waals surface area contributed by atoms with Crippen LogP contribution in [0.15, 0.2) is 29.2 Å². The third-order valence-electron chi connectivity index (χ3n) is 4.30. The maximum atomic E-state index is 12.3. The summed E-state index contributed by atoms with van der Waals surface area (Å²) in [7, 11) is -3.50. The van der Waals surface area contributed by atoms with E-state index in [2.05, 4.69) is 13.8 Å². The van der Waals surface area contributed by atoms with E-state index < -0.39 is 9.84 Å². The molecule has 0 heterocycles. The van der Waals surface area contributed by atoms with E-state index in [-0.39, 0.29) is 22.3 Å². The number of benzene rings is 1. The zero-order chi connectivity index (χ0) is 15.5. The average Bonchev–Trinajstić information content (AvgIpc) is 2.48. The molecule has 21 heavy (non-hydrogen) atoms. The number of Topliss-reactive ketones (excluding diaryl/α,β-unsaturated/α-hetero) is 1. The minimum absolute atomic E-state index is 0.0523. The molecule has 1 aromatic rings.